The third-order valence-corrected chi connectivity index (χ3v) is 7.42. The lowest BCUT2D eigenvalue weighted by atomic mass is 9.93. The second-order valence-corrected chi connectivity index (χ2v) is 9.71. The highest BCUT2D eigenvalue weighted by molar-refractivity contribution is 7.89. The second kappa shape index (κ2) is 9.46. The number of halogens is 3. The normalized spacial score (nSPS) is 16.4. The Labute approximate surface area is 185 Å². The van der Waals surface area contributed by atoms with Gasteiger partial charge in [0.15, 0.2) is 5.78 Å². The van der Waals surface area contributed by atoms with Crippen molar-refractivity contribution in [3.8, 4) is 5.75 Å². The van der Waals surface area contributed by atoms with E-state index in [-0.39, 0.29) is 35.4 Å². The monoisotopic (exact) mass is 467 g/mol. The lowest BCUT2D eigenvalue weighted by Gasteiger charge is -2.30. The molecule has 0 unspecified atom stereocenters. The average molecular weight is 468 g/mol. The van der Waals surface area contributed by atoms with E-state index in [2.05, 4.69) is 4.74 Å². The van der Waals surface area contributed by atoms with E-state index < -0.39 is 16.4 Å². The fraction of sp³-hybridized carbons (Fsp3) is 0.348. The van der Waals surface area contributed by atoms with E-state index in [9.17, 15) is 26.4 Å². The zero-order chi connectivity index (χ0) is 23.5. The Balaban J connectivity index is 1.58. The third-order valence-electron chi connectivity index (χ3n) is 5.36. The van der Waals surface area contributed by atoms with Crippen LogP contribution in [0.1, 0.15) is 29.5 Å². The summed E-state index contributed by atoms with van der Waals surface area (Å²) in [5.74, 6) is -0.771. The van der Waals surface area contributed by atoms with Crippen LogP contribution in [0.2, 0.25) is 0 Å². The van der Waals surface area contributed by atoms with Crippen LogP contribution < -0.4 is 4.74 Å². The van der Waals surface area contributed by atoms with E-state index in [1.807, 2.05) is 13.0 Å². The lowest BCUT2D eigenvalue weighted by Crippen LogP contribution is -2.40. The van der Waals surface area contributed by atoms with Crippen molar-refractivity contribution >= 4 is 21.9 Å². The van der Waals surface area contributed by atoms with E-state index >= 15 is 0 Å². The van der Waals surface area contributed by atoms with Gasteiger partial charge in [0, 0.05) is 19.0 Å². The van der Waals surface area contributed by atoms with Crippen LogP contribution in [0.25, 0.3) is 6.08 Å². The van der Waals surface area contributed by atoms with Crippen LogP contribution in [0.4, 0.5) is 13.2 Å². The molecule has 32 heavy (non-hydrogen) atoms. The van der Waals surface area contributed by atoms with Crippen molar-refractivity contribution < 1.29 is 31.1 Å². The van der Waals surface area contributed by atoms with Crippen LogP contribution in [-0.2, 0) is 14.8 Å². The first-order chi connectivity index (χ1) is 15.0. The third kappa shape index (κ3) is 5.98. The number of ketones is 1. The fourth-order valence-corrected chi connectivity index (χ4v) is 5.38. The SMILES string of the molecule is Cc1ccc(S(=O)(=O)N2CCC(C(=O)C=Cc3ccc(OC(F)(F)F)cc3)CC2)c(C)c1. The van der Waals surface area contributed by atoms with Crippen molar-refractivity contribution in [1.82, 2.24) is 4.31 Å². The van der Waals surface area contributed by atoms with Crippen molar-refractivity contribution in [2.24, 2.45) is 5.92 Å². The number of rotatable bonds is 6. The van der Waals surface area contributed by atoms with E-state index in [4.69, 9.17) is 0 Å². The minimum atomic E-state index is -4.76. The molecule has 0 spiro atoms. The second-order valence-electron chi connectivity index (χ2n) is 7.80. The zero-order valence-electron chi connectivity index (χ0n) is 17.7. The number of carbonyl (C=O) groups is 1. The molecule has 0 radical (unpaired) electrons. The Morgan fingerprint density at radius 3 is 2.25 bits per heavy atom. The summed E-state index contributed by atoms with van der Waals surface area (Å²) < 4.78 is 67.8. The van der Waals surface area contributed by atoms with Gasteiger partial charge >= 0.3 is 6.36 Å². The van der Waals surface area contributed by atoms with Crippen molar-refractivity contribution in [3.05, 3.63) is 65.2 Å². The molecule has 1 heterocycles. The summed E-state index contributed by atoms with van der Waals surface area (Å²) >= 11 is 0. The number of piperidine rings is 1. The Hall–Kier alpha value is -2.65. The van der Waals surface area contributed by atoms with Crippen molar-refractivity contribution in [2.75, 3.05) is 13.1 Å². The van der Waals surface area contributed by atoms with Gasteiger partial charge in [0.2, 0.25) is 10.0 Å². The molecule has 1 aliphatic heterocycles. The predicted octanol–water partition coefficient (Wildman–Crippen LogP) is 4.89. The fourth-order valence-electron chi connectivity index (χ4n) is 3.70. The molecule has 1 aliphatic rings. The van der Waals surface area contributed by atoms with Crippen LogP contribution in [0, 0.1) is 19.8 Å². The number of aryl methyl sites for hydroxylation is 2. The van der Waals surface area contributed by atoms with Gasteiger partial charge < -0.3 is 4.74 Å². The Morgan fingerprint density at radius 1 is 1.06 bits per heavy atom. The molecule has 0 aliphatic carbocycles. The maximum Gasteiger partial charge on any atom is 0.573 e. The molecule has 0 aromatic heterocycles. The van der Waals surface area contributed by atoms with E-state index in [1.165, 1.54) is 40.7 Å². The van der Waals surface area contributed by atoms with Gasteiger partial charge in [-0.05, 0) is 62.1 Å². The van der Waals surface area contributed by atoms with E-state index in [0.717, 1.165) is 5.56 Å². The topological polar surface area (TPSA) is 63.7 Å². The van der Waals surface area contributed by atoms with Gasteiger partial charge in [-0.2, -0.15) is 4.31 Å². The molecule has 172 valence electrons. The quantitative estimate of drug-likeness (QED) is 0.568. The molecule has 0 atom stereocenters. The number of hydrogen-bond acceptors (Lipinski definition) is 4. The number of carbonyl (C=O) groups excluding carboxylic acids is 1. The molecule has 2 aromatic rings. The summed E-state index contributed by atoms with van der Waals surface area (Å²) in [6.07, 6.45) is -1.03. The van der Waals surface area contributed by atoms with Gasteiger partial charge in [0.25, 0.3) is 0 Å². The van der Waals surface area contributed by atoms with Gasteiger partial charge in [-0.3, -0.25) is 4.79 Å². The molecule has 1 saturated heterocycles. The van der Waals surface area contributed by atoms with E-state index in [1.54, 1.807) is 19.1 Å². The van der Waals surface area contributed by atoms with Crippen LogP contribution in [-0.4, -0.2) is 38.0 Å². The van der Waals surface area contributed by atoms with Crippen molar-refractivity contribution in [3.63, 3.8) is 0 Å². The number of alkyl halides is 3. The predicted molar refractivity (Wildman–Crippen MR) is 115 cm³/mol. The number of benzene rings is 2. The molecule has 0 amide bonds. The molecule has 9 heteroatoms. The summed E-state index contributed by atoms with van der Waals surface area (Å²) in [5, 5.41) is 0. The van der Waals surface area contributed by atoms with Crippen LogP contribution in [0.3, 0.4) is 0 Å². The maximum atomic E-state index is 13.0. The number of sulfonamides is 1. The molecule has 0 bridgehead atoms. The van der Waals surface area contributed by atoms with Gasteiger partial charge in [-0.25, -0.2) is 8.42 Å². The molecule has 5 nitrogen and oxygen atoms in total. The highest BCUT2D eigenvalue weighted by Gasteiger charge is 2.32. The summed E-state index contributed by atoms with van der Waals surface area (Å²) in [4.78, 5) is 12.8. The minimum absolute atomic E-state index is 0.135. The van der Waals surface area contributed by atoms with Gasteiger partial charge in [0.05, 0.1) is 4.90 Å². The van der Waals surface area contributed by atoms with Crippen LogP contribution in [0.5, 0.6) is 5.75 Å². The van der Waals surface area contributed by atoms with E-state index in [0.29, 0.717) is 24.0 Å². The van der Waals surface area contributed by atoms with Gasteiger partial charge in [-0.1, -0.05) is 35.9 Å². The Bertz CT molecular complexity index is 1100. The summed E-state index contributed by atoms with van der Waals surface area (Å²) in [5.41, 5.74) is 2.24. The minimum Gasteiger partial charge on any atom is -0.406 e. The summed E-state index contributed by atoms with van der Waals surface area (Å²) in [6, 6.07) is 10.4. The summed E-state index contributed by atoms with van der Waals surface area (Å²) in [7, 11) is -3.62. The Morgan fingerprint density at radius 2 is 1.69 bits per heavy atom. The average Bonchev–Trinajstić information content (AvgIpc) is 2.71. The highest BCUT2D eigenvalue weighted by Crippen LogP contribution is 2.27. The Kier molecular flexibility index (Phi) is 7.09. The smallest absolute Gasteiger partial charge is 0.406 e. The standard InChI is InChI=1S/C23H24F3NO4S/c1-16-3-10-22(17(2)15-16)32(29,30)27-13-11-19(12-14-27)21(28)9-6-18-4-7-20(8-5-18)31-23(24,25)26/h3-10,15,19H,11-14H2,1-2H3. The number of hydrogen-bond donors (Lipinski definition) is 0. The van der Waals surface area contributed by atoms with Crippen molar-refractivity contribution in [2.45, 2.75) is 37.9 Å². The van der Waals surface area contributed by atoms with Gasteiger partial charge in [0.1, 0.15) is 5.75 Å². The molecule has 3 rings (SSSR count). The van der Waals surface area contributed by atoms with Gasteiger partial charge in [-0.15, -0.1) is 13.2 Å². The summed E-state index contributed by atoms with van der Waals surface area (Å²) in [6.45, 7) is 4.17. The van der Waals surface area contributed by atoms with Crippen LogP contribution >= 0.6 is 0 Å². The molecular formula is C23H24F3NO4S. The molecular weight excluding hydrogens is 443 g/mol. The zero-order valence-corrected chi connectivity index (χ0v) is 18.5. The first kappa shape index (κ1) is 24.0. The highest BCUT2D eigenvalue weighted by atomic mass is 32.2. The molecule has 2 aromatic carbocycles. The lowest BCUT2D eigenvalue weighted by molar-refractivity contribution is -0.274. The first-order valence-corrected chi connectivity index (χ1v) is 11.5. The van der Waals surface area contributed by atoms with Crippen LogP contribution in [0.15, 0.2) is 53.4 Å². The number of ether oxygens (including phenoxy) is 1. The maximum absolute atomic E-state index is 13.0. The molecule has 1 fully saturated rings. The first-order valence-electron chi connectivity index (χ1n) is 10.1. The number of allylic oxidation sites excluding steroid dienone is 1. The molecule has 0 saturated carbocycles. The van der Waals surface area contributed by atoms with Crippen molar-refractivity contribution in [1.29, 1.82) is 0 Å². The molecule has 0 N–H and O–H groups in total. The number of nitrogens with zero attached hydrogens (tertiary/aromatic N) is 1. The largest absolute Gasteiger partial charge is 0.573 e.